The zero-order valence-electron chi connectivity index (χ0n) is 4.59. The topological polar surface area (TPSA) is 27.7 Å². The van der Waals surface area contributed by atoms with Crippen LogP contribution >= 0.6 is 8.60 Å². The molecule has 46 valence electrons. The third-order valence-corrected chi connectivity index (χ3v) is 2.52. The molecule has 2 bridgehead atoms. The minimum Gasteiger partial charge on any atom is -0.309 e. The lowest BCUT2D eigenvalue weighted by molar-refractivity contribution is 0.0905. The van der Waals surface area contributed by atoms with Gasteiger partial charge < -0.3 is 13.6 Å². The Morgan fingerprint density at radius 1 is 1.38 bits per heavy atom. The van der Waals surface area contributed by atoms with Crippen molar-refractivity contribution in [2.24, 2.45) is 0 Å². The Balaban J connectivity index is 2.19. The van der Waals surface area contributed by atoms with Gasteiger partial charge in [-0.3, -0.25) is 0 Å². The molecular formula is C4H7O3P. The van der Waals surface area contributed by atoms with Crippen molar-refractivity contribution in [2.45, 2.75) is 12.5 Å². The van der Waals surface area contributed by atoms with Gasteiger partial charge in [-0.05, 0) is 6.92 Å². The summed E-state index contributed by atoms with van der Waals surface area (Å²) in [5, 5.41) is 0. The second-order valence-corrected chi connectivity index (χ2v) is 3.46. The van der Waals surface area contributed by atoms with Gasteiger partial charge in [0.15, 0.2) is 0 Å². The van der Waals surface area contributed by atoms with Gasteiger partial charge in [0.1, 0.15) is 5.60 Å². The van der Waals surface area contributed by atoms with Crippen LogP contribution in [0, 0.1) is 0 Å². The van der Waals surface area contributed by atoms with Crippen molar-refractivity contribution < 1.29 is 13.6 Å². The molecule has 0 unspecified atom stereocenters. The summed E-state index contributed by atoms with van der Waals surface area (Å²) in [4.78, 5) is 0. The first-order valence-corrected chi connectivity index (χ1v) is 3.63. The van der Waals surface area contributed by atoms with E-state index < -0.39 is 8.60 Å². The van der Waals surface area contributed by atoms with E-state index >= 15 is 0 Å². The predicted octanol–water partition coefficient (Wildman–Crippen LogP) is 1.05. The zero-order chi connectivity index (χ0) is 5.61. The van der Waals surface area contributed by atoms with E-state index in [1.54, 1.807) is 0 Å². The molecule has 0 radical (unpaired) electrons. The number of rotatable bonds is 0. The molecule has 0 saturated carbocycles. The van der Waals surface area contributed by atoms with Crippen molar-refractivity contribution in [1.82, 2.24) is 0 Å². The summed E-state index contributed by atoms with van der Waals surface area (Å²) in [6.07, 6.45) is 0. The Morgan fingerprint density at radius 3 is 2.12 bits per heavy atom. The van der Waals surface area contributed by atoms with Gasteiger partial charge in [0.25, 0.3) is 0 Å². The molecular weight excluding hydrogens is 127 g/mol. The fourth-order valence-corrected chi connectivity index (χ4v) is 2.15. The normalized spacial score (nSPS) is 52.9. The van der Waals surface area contributed by atoms with Crippen LogP contribution in [0.3, 0.4) is 0 Å². The molecule has 0 amide bonds. The molecule has 2 aliphatic rings. The van der Waals surface area contributed by atoms with Crippen LogP contribution in [0.15, 0.2) is 0 Å². The monoisotopic (exact) mass is 134 g/mol. The molecule has 2 heterocycles. The SMILES string of the molecule is CC12COP(OC1)O2. The molecule has 0 spiro atoms. The molecule has 2 aliphatic heterocycles. The molecule has 2 fully saturated rings. The number of hydrogen-bond donors (Lipinski definition) is 0. The van der Waals surface area contributed by atoms with Crippen LogP contribution in [0.1, 0.15) is 6.92 Å². The Bertz CT molecular complexity index is 108. The summed E-state index contributed by atoms with van der Waals surface area (Å²) < 4.78 is 15.4. The summed E-state index contributed by atoms with van der Waals surface area (Å²) in [6, 6.07) is 0. The third kappa shape index (κ3) is 0.594. The first-order chi connectivity index (χ1) is 3.79. The lowest BCUT2D eigenvalue weighted by Crippen LogP contribution is -2.29. The van der Waals surface area contributed by atoms with E-state index in [1.165, 1.54) is 0 Å². The van der Waals surface area contributed by atoms with Gasteiger partial charge in [-0.2, -0.15) is 0 Å². The van der Waals surface area contributed by atoms with E-state index in [4.69, 9.17) is 13.6 Å². The Hall–Kier alpha value is 0.310. The van der Waals surface area contributed by atoms with Crippen molar-refractivity contribution in [3.63, 3.8) is 0 Å². The largest absolute Gasteiger partial charge is 0.333 e. The van der Waals surface area contributed by atoms with Crippen molar-refractivity contribution >= 4 is 8.60 Å². The van der Waals surface area contributed by atoms with Gasteiger partial charge in [-0.1, -0.05) is 0 Å². The van der Waals surface area contributed by atoms with E-state index in [0.717, 1.165) is 0 Å². The van der Waals surface area contributed by atoms with Gasteiger partial charge in [0, 0.05) is 0 Å². The molecule has 2 saturated heterocycles. The van der Waals surface area contributed by atoms with Crippen LogP contribution in [0.2, 0.25) is 0 Å². The van der Waals surface area contributed by atoms with Gasteiger partial charge in [-0.25, -0.2) is 0 Å². The Kier molecular flexibility index (Phi) is 0.910. The fraction of sp³-hybridized carbons (Fsp3) is 1.00. The van der Waals surface area contributed by atoms with E-state index in [1.807, 2.05) is 6.92 Å². The summed E-state index contributed by atoms with van der Waals surface area (Å²) >= 11 is 0. The maximum Gasteiger partial charge on any atom is 0.333 e. The van der Waals surface area contributed by atoms with E-state index in [-0.39, 0.29) is 5.60 Å². The molecule has 0 N–H and O–H groups in total. The molecule has 4 heteroatoms. The average molecular weight is 134 g/mol. The highest BCUT2D eigenvalue weighted by Gasteiger charge is 2.46. The number of fused-ring (bicyclic) bond motifs is 2. The minimum atomic E-state index is -0.917. The molecule has 2 rings (SSSR count). The van der Waals surface area contributed by atoms with Crippen molar-refractivity contribution in [3.05, 3.63) is 0 Å². The van der Waals surface area contributed by atoms with Crippen LogP contribution in [-0.2, 0) is 13.6 Å². The van der Waals surface area contributed by atoms with Crippen LogP contribution in [0.4, 0.5) is 0 Å². The van der Waals surface area contributed by atoms with E-state index in [9.17, 15) is 0 Å². The first kappa shape index (κ1) is 5.12. The molecule has 0 atom stereocenters. The Labute approximate surface area is 48.9 Å². The maximum absolute atomic E-state index is 5.28. The molecule has 8 heavy (non-hydrogen) atoms. The lowest BCUT2D eigenvalue weighted by atomic mass is 10.1. The summed E-state index contributed by atoms with van der Waals surface area (Å²) in [5.41, 5.74) is -0.105. The standard InChI is InChI=1S/C4H7O3P/c1-4-2-5-8(7-4)6-3-4/h2-3H2,1H3. The fourth-order valence-electron chi connectivity index (χ4n) is 0.743. The van der Waals surface area contributed by atoms with Crippen LogP contribution < -0.4 is 0 Å². The van der Waals surface area contributed by atoms with Crippen LogP contribution in [0.25, 0.3) is 0 Å². The molecule has 0 aromatic heterocycles. The van der Waals surface area contributed by atoms with Gasteiger partial charge >= 0.3 is 8.60 Å². The first-order valence-electron chi connectivity index (χ1n) is 2.54. The highest BCUT2D eigenvalue weighted by molar-refractivity contribution is 7.42. The molecule has 0 aliphatic carbocycles. The van der Waals surface area contributed by atoms with Crippen molar-refractivity contribution in [1.29, 1.82) is 0 Å². The molecule has 3 nitrogen and oxygen atoms in total. The Morgan fingerprint density at radius 2 is 2.00 bits per heavy atom. The second kappa shape index (κ2) is 1.42. The van der Waals surface area contributed by atoms with Crippen molar-refractivity contribution in [3.8, 4) is 0 Å². The van der Waals surface area contributed by atoms with Gasteiger partial charge in [0.2, 0.25) is 0 Å². The smallest absolute Gasteiger partial charge is 0.309 e. The summed E-state index contributed by atoms with van der Waals surface area (Å²) in [6.45, 7) is 3.42. The highest BCUT2D eigenvalue weighted by atomic mass is 31.2. The van der Waals surface area contributed by atoms with E-state index in [0.29, 0.717) is 13.2 Å². The minimum absolute atomic E-state index is 0.105. The predicted molar refractivity (Wildman–Crippen MR) is 28.3 cm³/mol. The van der Waals surface area contributed by atoms with Crippen LogP contribution in [0.5, 0.6) is 0 Å². The third-order valence-electron chi connectivity index (χ3n) is 1.25. The van der Waals surface area contributed by atoms with Crippen molar-refractivity contribution in [2.75, 3.05) is 13.2 Å². The summed E-state index contributed by atoms with van der Waals surface area (Å²) in [5.74, 6) is 0. The quantitative estimate of drug-likeness (QED) is 0.463. The van der Waals surface area contributed by atoms with E-state index in [2.05, 4.69) is 0 Å². The molecule has 0 aromatic carbocycles. The lowest BCUT2D eigenvalue weighted by Gasteiger charge is -2.13. The summed E-state index contributed by atoms with van der Waals surface area (Å²) in [7, 11) is -0.917. The van der Waals surface area contributed by atoms with Gasteiger partial charge in [0.05, 0.1) is 13.2 Å². The van der Waals surface area contributed by atoms with Crippen LogP contribution in [-0.4, -0.2) is 18.8 Å². The zero-order valence-corrected chi connectivity index (χ0v) is 5.48. The highest BCUT2D eigenvalue weighted by Crippen LogP contribution is 2.56. The maximum atomic E-state index is 5.28. The average Bonchev–Trinajstić information content (AvgIpc) is 2.21. The molecule has 0 aromatic rings. The second-order valence-electron chi connectivity index (χ2n) is 2.31. The van der Waals surface area contributed by atoms with Gasteiger partial charge in [-0.15, -0.1) is 0 Å². The number of hydrogen-bond acceptors (Lipinski definition) is 3.